The molecule has 68 heavy (non-hydrogen) atoms. The summed E-state index contributed by atoms with van der Waals surface area (Å²) in [6.07, 6.45) is 2.48. The summed E-state index contributed by atoms with van der Waals surface area (Å²) in [6.45, 7) is 16.7. The topological polar surface area (TPSA) is 201 Å². The van der Waals surface area contributed by atoms with E-state index in [1.807, 2.05) is 57.2 Å². The number of hydrogen-bond acceptors (Lipinski definition) is 15. The van der Waals surface area contributed by atoms with Crippen molar-refractivity contribution in [2.24, 2.45) is 0 Å². The van der Waals surface area contributed by atoms with Gasteiger partial charge in [-0.2, -0.15) is 0 Å². The number of amides is 1. The van der Waals surface area contributed by atoms with Gasteiger partial charge in [0.25, 0.3) is 0 Å². The van der Waals surface area contributed by atoms with Crippen molar-refractivity contribution in [1.29, 1.82) is 0 Å². The van der Waals surface area contributed by atoms with Gasteiger partial charge in [0, 0.05) is 77.8 Å². The van der Waals surface area contributed by atoms with Gasteiger partial charge in [0.2, 0.25) is 20.0 Å². The molecule has 2 aromatic heterocycles. The highest BCUT2D eigenvalue weighted by atomic mass is 35.5. The van der Waals surface area contributed by atoms with Crippen LogP contribution >= 0.6 is 12.4 Å². The minimum Gasteiger partial charge on any atom is -0.465 e. The number of hydrogen-bond donors (Lipinski definition) is 1. The number of ether oxygens (including phenoxy) is 3. The van der Waals surface area contributed by atoms with E-state index in [9.17, 15) is 31.2 Å². The van der Waals surface area contributed by atoms with E-state index in [-0.39, 0.29) is 43.1 Å². The van der Waals surface area contributed by atoms with E-state index >= 15 is 0 Å². The average molecular weight is 1000 g/mol. The Bertz CT molecular complexity index is 2500. The number of benzene rings is 2. The van der Waals surface area contributed by atoms with Gasteiger partial charge >= 0.3 is 18.0 Å². The fourth-order valence-electron chi connectivity index (χ4n) is 7.24. The van der Waals surface area contributed by atoms with E-state index in [2.05, 4.69) is 29.8 Å². The van der Waals surface area contributed by atoms with Gasteiger partial charge in [0.05, 0.1) is 72.7 Å². The molecule has 2 fully saturated rings. The summed E-state index contributed by atoms with van der Waals surface area (Å²) in [5.41, 5.74) is 4.34. The SMILES string of the molecule is CCS(=O)(=O)N(Cc1ccc(C(=O)OC)cn1)c1cccc(CN2CCN(C(=O)OC(C)(C)C)CC2)c1.CCS(=O)(=O)N(Cc1ccc(C(=O)OC)cn1)c1cccc(CN2CCNCC2)c1.Cl. The van der Waals surface area contributed by atoms with Crippen LogP contribution in [0.5, 0.6) is 0 Å². The normalized spacial score (nSPS) is 14.7. The van der Waals surface area contributed by atoms with Crippen molar-refractivity contribution < 1.29 is 45.4 Å². The highest BCUT2D eigenvalue weighted by Gasteiger charge is 2.27. The summed E-state index contributed by atoms with van der Waals surface area (Å²) >= 11 is 0. The van der Waals surface area contributed by atoms with E-state index in [1.54, 1.807) is 55.1 Å². The van der Waals surface area contributed by atoms with Crippen molar-refractivity contribution in [2.45, 2.75) is 66.4 Å². The number of carbonyl (C=O) groups is 3. The molecule has 0 radical (unpaired) electrons. The molecule has 21 heteroatoms. The molecule has 4 heterocycles. The maximum Gasteiger partial charge on any atom is 0.410 e. The molecule has 0 atom stereocenters. The third kappa shape index (κ3) is 16.1. The zero-order valence-electron chi connectivity index (χ0n) is 39.9. The molecule has 0 spiro atoms. The van der Waals surface area contributed by atoms with E-state index < -0.39 is 37.6 Å². The number of halogens is 1. The first-order valence-electron chi connectivity index (χ1n) is 22.2. The molecule has 1 N–H and O–H groups in total. The molecule has 2 saturated heterocycles. The number of nitrogens with zero attached hydrogens (tertiary/aromatic N) is 7. The maximum atomic E-state index is 13.0. The zero-order chi connectivity index (χ0) is 48.8. The van der Waals surface area contributed by atoms with E-state index in [1.165, 1.54) is 35.2 Å². The fraction of sp³-hybridized carbons (Fsp3) is 0.468. The van der Waals surface area contributed by atoms with Crippen LogP contribution in [0.3, 0.4) is 0 Å². The molecule has 2 aliphatic rings. The number of pyridine rings is 2. The molecule has 0 aliphatic carbocycles. The number of rotatable bonds is 16. The Hall–Kier alpha value is -5.38. The standard InChI is InChI=1S/C26H36N4O6S.C21H28N4O4S.ClH/c1-6-37(33,34)30(19-22-11-10-21(17-27-22)24(31)35-5)23-9-7-8-20(16-23)18-28-12-14-29(15-13-28)25(32)36-26(2,3)4;1-3-30(27,28)25(16-19-8-7-18(14-23-19)21(26)29-2)20-6-4-5-17(13-20)15-24-11-9-22-10-12-24;/h7-11,16-17H,6,12-15,18-19H2,1-5H3;4-8,13-14,22H,3,9-12,15-16H2,1-2H3;1H. The number of aromatic nitrogens is 2. The molecule has 2 aliphatic heterocycles. The van der Waals surface area contributed by atoms with Crippen molar-refractivity contribution >= 4 is 61.9 Å². The van der Waals surface area contributed by atoms with Gasteiger partial charge < -0.3 is 24.4 Å². The predicted molar refractivity (Wildman–Crippen MR) is 264 cm³/mol. The summed E-state index contributed by atoms with van der Waals surface area (Å²) in [5, 5.41) is 3.33. The van der Waals surface area contributed by atoms with Gasteiger partial charge in [0.15, 0.2) is 0 Å². The van der Waals surface area contributed by atoms with Gasteiger partial charge in [-0.3, -0.25) is 28.4 Å². The molecule has 6 rings (SSSR count). The quantitative estimate of drug-likeness (QED) is 0.112. The molecule has 18 nitrogen and oxygen atoms in total. The Labute approximate surface area is 407 Å². The van der Waals surface area contributed by atoms with Crippen LogP contribution in [0.4, 0.5) is 16.2 Å². The lowest BCUT2D eigenvalue weighted by Gasteiger charge is -2.35. The molecular formula is C47H65ClN8O10S2. The predicted octanol–water partition coefficient (Wildman–Crippen LogP) is 5.33. The number of nitrogens with one attached hydrogen (secondary N) is 1. The molecular weight excluding hydrogens is 936 g/mol. The summed E-state index contributed by atoms with van der Waals surface area (Å²) in [7, 11) is -4.51. The van der Waals surface area contributed by atoms with Gasteiger partial charge in [-0.1, -0.05) is 24.3 Å². The zero-order valence-corrected chi connectivity index (χ0v) is 42.4. The lowest BCUT2D eigenvalue weighted by Crippen LogP contribution is -2.49. The number of esters is 2. The average Bonchev–Trinajstić information content (AvgIpc) is 3.32. The molecule has 0 bridgehead atoms. The van der Waals surface area contributed by atoms with Crippen LogP contribution in [0.15, 0.2) is 85.2 Å². The lowest BCUT2D eigenvalue weighted by molar-refractivity contribution is 0.0138. The van der Waals surface area contributed by atoms with Crippen LogP contribution in [-0.4, -0.2) is 143 Å². The summed E-state index contributed by atoms with van der Waals surface area (Å²) in [4.78, 5) is 50.4. The number of piperazine rings is 2. The second kappa shape index (κ2) is 25.3. The van der Waals surface area contributed by atoms with E-state index in [0.29, 0.717) is 66.6 Å². The third-order valence-electron chi connectivity index (χ3n) is 10.9. The Morgan fingerprint density at radius 2 is 1.07 bits per heavy atom. The minimum absolute atomic E-state index is 0. The summed E-state index contributed by atoms with van der Waals surface area (Å²) < 4.78 is 69.2. The Balaban J connectivity index is 0.000000298. The van der Waals surface area contributed by atoms with Crippen molar-refractivity contribution in [3.8, 4) is 0 Å². The first kappa shape index (κ1) is 55.2. The minimum atomic E-state index is -3.59. The van der Waals surface area contributed by atoms with E-state index in [4.69, 9.17) is 9.47 Å². The van der Waals surface area contributed by atoms with Crippen molar-refractivity contribution in [3.05, 3.63) is 119 Å². The van der Waals surface area contributed by atoms with Crippen LogP contribution < -0.4 is 13.9 Å². The molecule has 4 aromatic rings. The summed E-state index contributed by atoms with van der Waals surface area (Å²) in [6, 6.07) is 21.5. The van der Waals surface area contributed by atoms with Gasteiger partial charge in [-0.15, -0.1) is 12.4 Å². The van der Waals surface area contributed by atoms with Gasteiger partial charge in [-0.05, 0) is 94.3 Å². The third-order valence-corrected chi connectivity index (χ3v) is 14.4. The number of anilines is 2. The fourth-order valence-corrected chi connectivity index (χ4v) is 9.39. The first-order chi connectivity index (χ1) is 31.8. The molecule has 1 amide bonds. The van der Waals surface area contributed by atoms with E-state index in [0.717, 1.165) is 43.9 Å². The van der Waals surface area contributed by atoms with Crippen molar-refractivity contribution in [1.82, 2.24) is 30.0 Å². The molecule has 2 aromatic carbocycles. The van der Waals surface area contributed by atoms with Crippen LogP contribution in [0.1, 0.15) is 77.8 Å². The Morgan fingerprint density at radius 1 is 0.647 bits per heavy atom. The molecule has 0 unspecified atom stereocenters. The smallest absolute Gasteiger partial charge is 0.410 e. The Kier molecular flexibility index (Phi) is 20.5. The van der Waals surface area contributed by atoms with Crippen LogP contribution in [0.25, 0.3) is 0 Å². The highest BCUT2D eigenvalue weighted by Crippen LogP contribution is 2.26. The largest absolute Gasteiger partial charge is 0.465 e. The second-order valence-corrected chi connectivity index (χ2v) is 21.3. The molecule has 0 saturated carbocycles. The molecule has 372 valence electrons. The highest BCUT2D eigenvalue weighted by molar-refractivity contribution is 7.93. The maximum absolute atomic E-state index is 13.0. The van der Waals surface area contributed by atoms with Crippen molar-refractivity contribution in [3.63, 3.8) is 0 Å². The second-order valence-electron chi connectivity index (χ2n) is 17.0. The van der Waals surface area contributed by atoms with Crippen LogP contribution in [0, 0.1) is 0 Å². The first-order valence-corrected chi connectivity index (χ1v) is 25.4. The number of carbonyl (C=O) groups excluding carboxylic acids is 3. The summed E-state index contributed by atoms with van der Waals surface area (Å²) in [5.74, 6) is -1.07. The van der Waals surface area contributed by atoms with Crippen LogP contribution in [-0.2, 0) is 60.4 Å². The van der Waals surface area contributed by atoms with Crippen molar-refractivity contribution in [2.75, 3.05) is 86.7 Å². The van der Waals surface area contributed by atoms with Crippen LogP contribution in [0.2, 0.25) is 0 Å². The number of methoxy groups -OCH3 is 2. The van der Waals surface area contributed by atoms with Gasteiger partial charge in [0.1, 0.15) is 5.60 Å². The number of sulfonamides is 2. The monoisotopic (exact) mass is 1000 g/mol. The lowest BCUT2D eigenvalue weighted by atomic mass is 10.1. The van der Waals surface area contributed by atoms with Gasteiger partial charge in [-0.25, -0.2) is 31.2 Å². The Morgan fingerprint density at radius 3 is 1.44 bits per heavy atom.